The predicted molar refractivity (Wildman–Crippen MR) is 42.4 cm³/mol. The van der Waals surface area contributed by atoms with E-state index < -0.39 is 0 Å². The third-order valence-corrected chi connectivity index (χ3v) is 0.931. The predicted octanol–water partition coefficient (Wildman–Crippen LogP) is 0.651. The average Bonchev–Trinajstić information content (AvgIpc) is 2.44. The fourth-order valence-corrected chi connectivity index (χ4v) is 0.499. The molecule has 0 saturated heterocycles. The van der Waals surface area contributed by atoms with Crippen LogP contribution in [0.1, 0.15) is 13.8 Å². The van der Waals surface area contributed by atoms with E-state index in [-0.39, 0.29) is 0 Å². The van der Waals surface area contributed by atoms with Gasteiger partial charge in [-0.2, -0.15) is 0 Å². The zero-order valence-corrected chi connectivity index (χ0v) is 6.68. The molecule has 3 heteroatoms. The Kier molecular flexibility index (Phi) is 8.00. The lowest BCUT2D eigenvalue weighted by atomic mass is 10.7. The lowest BCUT2D eigenvalue weighted by molar-refractivity contribution is 0.162. The molecular formula is C7H16N2O. The van der Waals surface area contributed by atoms with E-state index in [1.54, 1.807) is 0 Å². The van der Waals surface area contributed by atoms with Crippen LogP contribution in [0.4, 0.5) is 0 Å². The van der Waals surface area contributed by atoms with Crippen LogP contribution < -0.4 is 10.9 Å². The van der Waals surface area contributed by atoms with Gasteiger partial charge in [0.15, 0.2) is 0 Å². The highest BCUT2D eigenvalue weighted by molar-refractivity contribution is 4.85. The van der Waals surface area contributed by atoms with Gasteiger partial charge in [-0.25, -0.2) is 5.43 Å². The summed E-state index contributed by atoms with van der Waals surface area (Å²) in [7, 11) is 0. The lowest BCUT2D eigenvalue weighted by Crippen LogP contribution is -2.19. The van der Waals surface area contributed by atoms with Crippen molar-refractivity contribution in [2.24, 2.45) is 0 Å². The van der Waals surface area contributed by atoms with Crippen LogP contribution in [0.25, 0.3) is 0 Å². The van der Waals surface area contributed by atoms with Crippen LogP contribution in [-0.2, 0) is 4.74 Å². The number of hydrogen-bond donors (Lipinski definition) is 2. The fraction of sp³-hybridized carbons (Fsp3) is 0.714. The largest absolute Gasteiger partial charge is 0.382 e. The molecule has 0 saturated carbocycles. The molecule has 1 rings (SSSR count). The standard InChI is InChI=1S/C4H10O.C3H6N2/c1-3-5-4-2;1-2-4-5-3-1/h3-4H2,1-2H3;1-2,4-5H,3H2. The van der Waals surface area contributed by atoms with Gasteiger partial charge in [0.1, 0.15) is 0 Å². The maximum Gasteiger partial charge on any atom is 0.0437 e. The van der Waals surface area contributed by atoms with Crippen molar-refractivity contribution in [3.8, 4) is 0 Å². The van der Waals surface area contributed by atoms with Gasteiger partial charge in [-0.15, -0.1) is 0 Å². The van der Waals surface area contributed by atoms with Crippen molar-refractivity contribution in [3.63, 3.8) is 0 Å². The van der Waals surface area contributed by atoms with Gasteiger partial charge in [-0.05, 0) is 13.8 Å². The van der Waals surface area contributed by atoms with Crippen LogP contribution in [0.2, 0.25) is 0 Å². The molecule has 1 aliphatic rings. The molecule has 2 N–H and O–H groups in total. The molecule has 0 bridgehead atoms. The molecule has 3 nitrogen and oxygen atoms in total. The van der Waals surface area contributed by atoms with Gasteiger partial charge in [0.05, 0.1) is 0 Å². The summed E-state index contributed by atoms with van der Waals surface area (Å²) in [4.78, 5) is 0. The van der Waals surface area contributed by atoms with Gasteiger partial charge in [-0.3, -0.25) is 0 Å². The van der Waals surface area contributed by atoms with Crippen LogP contribution in [0.15, 0.2) is 12.3 Å². The van der Waals surface area contributed by atoms with Crippen LogP contribution >= 0.6 is 0 Å². The van der Waals surface area contributed by atoms with Gasteiger partial charge < -0.3 is 10.2 Å². The summed E-state index contributed by atoms with van der Waals surface area (Å²) < 4.78 is 4.83. The third kappa shape index (κ3) is 7.46. The Morgan fingerprint density at radius 1 is 1.40 bits per heavy atom. The summed E-state index contributed by atoms with van der Waals surface area (Å²) in [6.07, 6.45) is 3.89. The highest BCUT2D eigenvalue weighted by atomic mass is 16.5. The minimum atomic E-state index is 0.844. The number of ether oxygens (including phenoxy) is 1. The van der Waals surface area contributed by atoms with Crippen molar-refractivity contribution in [2.45, 2.75) is 13.8 Å². The quantitative estimate of drug-likeness (QED) is 0.597. The summed E-state index contributed by atoms with van der Waals surface area (Å²) in [6.45, 7) is 6.62. The molecule has 1 heterocycles. The van der Waals surface area contributed by atoms with E-state index >= 15 is 0 Å². The minimum absolute atomic E-state index is 0.844. The van der Waals surface area contributed by atoms with Crippen molar-refractivity contribution in [1.82, 2.24) is 10.9 Å². The van der Waals surface area contributed by atoms with Crippen LogP contribution in [-0.4, -0.2) is 19.8 Å². The van der Waals surface area contributed by atoms with Crippen molar-refractivity contribution in [2.75, 3.05) is 19.8 Å². The second-order valence-corrected chi connectivity index (χ2v) is 1.71. The SMILES string of the molecule is C1=CNNC1.CCOCC. The average molecular weight is 144 g/mol. The molecule has 60 valence electrons. The maximum absolute atomic E-state index is 4.83. The number of hydrogen-bond acceptors (Lipinski definition) is 3. The topological polar surface area (TPSA) is 33.3 Å². The Morgan fingerprint density at radius 2 is 2.10 bits per heavy atom. The van der Waals surface area contributed by atoms with Gasteiger partial charge in [0.2, 0.25) is 0 Å². The van der Waals surface area contributed by atoms with E-state index in [1.807, 2.05) is 26.1 Å². The first-order valence-corrected chi connectivity index (χ1v) is 3.63. The summed E-state index contributed by atoms with van der Waals surface area (Å²) in [5.74, 6) is 0. The van der Waals surface area contributed by atoms with E-state index in [1.165, 1.54) is 0 Å². The minimum Gasteiger partial charge on any atom is -0.382 e. The Morgan fingerprint density at radius 3 is 2.20 bits per heavy atom. The van der Waals surface area contributed by atoms with Gasteiger partial charge in [0.25, 0.3) is 0 Å². The normalized spacial score (nSPS) is 13.8. The van der Waals surface area contributed by atoms with Crippen molar-refractivity contribution in [3.05, 3.63) is 12.3 Å². The van der Waals surface area contributed by atoms with Crippen molar-refractivity contribution >= 4 is 0 Å². The second-order valence-electron chi connectivity index (χ2n) is 1.71. The molecular weight excluding hydrogens is 128 g/mol. The molecule has 0 spiro atoms. The lowest BCUT2D eigenvalue weighted by Gasteiger charge is -1.86. The van der Waals surface area contributed by atoms with Gasteiger partial charge >= 0.3 is 0 Å². The molecule has 0 aromatic heterocycles. The molecule has 0 aromatic carbocycles. The molecule has 0 amide bonds. The van der Waals surface area contributed by atoms with E-state index in [0.29, 0.717) is 0 Å². The molecule has 0 unspecified atom stereocenters. The zero-order chi connectivity index (χ0) is 7.66. The fourth-order valence-electron chi connectivity index (χ4n) is 0.499. The van der Waals surface area contributed by atoms with Gasteiger partial charge in [0, 0.05) is 26.0 Å². The first kappa shape index (κ1) is 9.46. The Labute approximate surface area is 62.4 Å². The van der Waals surface area contributed by atoms with Gasteiger partial charge in [-0.1, -0.05) is 6.08 Å². The van der Waals surface area contributed by atoms with Crippen molar-refractivity contribution < 1.29 is 4.74 Å². The van der Waals surface area contributed by atoms with Crippen LogP contribution in [0.3, 0.4) is 0 Å². The first-order valence-electron chi connectivity index (χ1n) is 3.63. The first-order chi connectivity index (χ1) is 4.91. The molecule has 0 aromatic rings. The summed E-state index contributed by atoms with van der Waals surface area (Å²) in [5.41, 5.74) is 5.65. The molecule has 1 aliphatic heterocycles. The van der Waals surface area contributed by atoms with E-state index in [0.717, 1.165) is 19.8 Å². The summed E-state index contributed by atoms with van der Waals surface area (Å²) >= 11 is 0. The summed E-state index contributed by atoms with van der Waals surface area (Å²) in [5, 5.41) is 0. The highest BCUT2D eigenvalue weighted by Gasteiger charge is 1.78. The Hall–Kier alpha value is -0.540. The monoisotopic (exact) mass is 144 g/mol. The molecule has 0 aliphatic carbocycles. The number of nitrogens with one attached hydrogen (secondary N) is 2. The zero-order valence-electron chi connectivity index (χ0n) is 6.68. The molecule has 0 radical (unpaired) electrons. The molecule has 10 heavy (non-hydrogen) atoms. The Balaban J connectivity index is 0.000000162. The number of rotatable bonds is 2. The van der Waals surface area contributed by atoms with E-state index in [2.05, 4.69) is 10.9 Å². The van der Waals surface area contributed by atoms with Crippen LogP contribution in [0, 0.1) is 0 Å². The van der Waals surface area contributed by atoms with Crippen LogP contribution in [0.5, 0.6) is 0 Å². The second kappa shape index (κ2) is 8.46. The Bertz CT molecular complexity index is 75.7. The maximum atomic E-state index is 4.83. The molecule has 0 atom stereocenters. The summed E-state index contributed by atoms with van der Waals surface area (Å²) in [6, 6.07) is 0. The van der Waals surface area contributed by atoms with E-state index in [4.69, 9.17) is 4.74 Å². The molecule has 0 fully saturated rings. The third-order valence-electron chi connectivity index (χ3n) is 0.931. The highest BCUT2D eigenvalue weighted by Crippen LogP contribution is 1.67. The van der Waals surface area contributed by atoms with E-state index in [9.17, 15) is 0 Å². The smallest absolute Gasteiger partial charge is 0.0437 e. The van der Waals surface area contributed by atoms with Crippen molar-refractivity contribution in [1.29, 1.82) is 0 Å². The number of hydrazine groups is 1.